The van der Waals surface area contributed by atoms with E-state index in [1.807, 2.05) is 30.3 Å². The Balaban J connectivity index is 2.01. The van der Waals surface area contributed by atoms with Crippen LogP contribution >= 0.6 is 0 Å². The van der Waals surface area contributed by atoms with E-state index in [2.05, 4.69) is 11.9 Å². The number of aliphatic hydroxyl groups excluding tert-OH is 1. The zero-order chi connectivity index (χ0) is 12.8. The van der Waals surface area contributed by atoms with Crippen molar-refractivity contribution in [1.82, 2.24) is 4.98 Å². The molecule has 1 atom stereocenters. The number of rotatable bonds is 6. The van der Waals surface area contributed by atoms with E-state index >= 15 is 0 Å². The molecule has 2 nitrogen and oxygen atoms in total. The van der Waals surface area contributed by atoms with E-state index in [0.717, 1.165) is 29.3 Å². The summed E-state index contributed by atoms with van der Waals surface area (Å²) in [6.07, 6.45) is 7.07. The van der Waals surface area contributed by atoms with Crippen molar-refractivity contribution in [2.24, 2.45) is 0 Å². The molecule has 18 heavy (non-hydrogen) atoms. The van der Waals surface area contributed by atoms with Gasteiger partial charge in [-0.25, -0.2) is 0 Å². The third-order valence-corrected chi connectivity index (χ3v) is 3.35. The molecule has 0 amide bonds. The molecule has 2 heteroatoms. The maximum absolute atomic E-state index is 10.2. The van der Waals surface area contributed by atoms with Crippen LogP contribution in [0.2, 0.25) is 0 Å². The number of aromatic nitrogens is 1. The highest BCUT2D eigenvalue weighted by Crippen LogP contribution is 2.23. The Bertz CT molecular complexity index is 495. The molecule has 0 fully saturated rings. The molecule has 0 aliphatic rings. The lowest BCUT2D eigenvalue weighted by Gasteiger charge is -2.11. The number of aliphatic hydroxyl groups is 1. The van der Waals surface area contributed by atoms with Gasteiger partial charge < -0.3 is 5.11 Å². The molecule has 1 aromatic carbocycles. The fourth-order valence-electron chi connectivity index (χ4n) is 2.22. The van der Waals surface area contributed by atoms with Gasteiger partial charge in [-0.15, -0.1) is 0 Å². The highest BCUT2D eigenvalue weighted by atomic mass is 16.3. The van der Waals surface area contributed by atoms with Crippen LogP contribution in [-0.4, -0.2) is 10.1 Å². The second-order valence-corrected chi connectivity index (χ2v) is 4.82. The first-order valence-electron chi connectivity index (χ1n) is 6.84. The molecule has 0 aliphatic carbocycles. The molecule has 0 aliphatic heterocycles. The molecule has 0 bridgehead atoms. The SMILES string of the molecule is CCCCCCC(O)c1ccc2cccnc2c1. The van der Waals surface area contributed by atoms with E-state index in [1.54, 1.807) is 6.20 Å². The van der Waals surface area contributed by atoms with Crippen LogP contribution < -0.4 is 0 Å². The van der Waals surface area contributed by atoms with Crippen LogP contribution in [0.4, 0.5) is 0 Å². The Labute approximate surface area is 109 Å². The molecule has 2 aromatic rings. The average Bonchev–Trinajstić information content (AvgIpc) is 2.43. The van der Waals surface area contributed by atoms with E-state index in [-0.39, 0.29) is 6.10 Å². The number of unbranched alkanes of at least 4 members (excludes halogenated alkanes) is 3. The number of nitrogens with zero attached hydrogens (tertiary/aromatic N) is 1. The Morgan fingerprint density at radius 3 is 2.89 bits per heavy atom. The second kappa shape index (κ2) is 6.50. The fourth-order valence-corrected chi connectivity index (χ4v) is 2.22. The van der Waals surface area contributed by atoms with Crippen LogP contribution in [0.25, 0.3) is 10.9 Å². The molecule has 2 rings (SSSR count). The number of fused-ring (bicyclic) bond motifs is 1. The van der Waals surface area contributed by atoms with Gasteiger partial charge >= 0.3 is 0 Å². The first-order valence-corrected chi connectivity index (χ1v) is 6.84. The van der Waals surface area contributed by atoms with Crippen LogP contribution in [0.3, 0.4) is 0 Å². The van der Waals surface area contributed by atoms with Crippen LogP contribution in [-0.2, 0) is 0 Å². The Morgan fingerprint density at radius 1 is 1.17 bits per heavy atom. The minimum absolute atomic E-state index is 0.353. The predicted octanol–water partition coefficient (Wildman–Crippen LogP) is 4.24. The van der Waals surface area contributed by atoms with Gasteiger partial charge in [0.1, 0.15) is 0 Å². The molecule has 1 aromatic heterocycles. The van der Waals surface area contributed by atoms with Crippen LogP contribution in [0.5, 0.6) is 0 Å². The standard InChI is InChI=1S/C16H21NO/c1-2-3-4-5-8-16(18)14-10-9-13-7-6-11-17-15(13)12-14/h6-7,9-12,16,18H,2-5,8H2,1H3. The lowest BCUT2D eigenvalue weighted by Crippen LogP contribution is -1.97. The van der Waals surface area contributed by atoms with E-state index in [9.17, 15) is 5.11 Å². The summed E-state index contributed by atoms with van der Waals surface area (Å²) in [5, 5.41) is 11.3. The average molecular weight is 243 g/mol. The van der Waals surface area contributed by atoms with E-state index in [1.165, 1.54) is 19.3 Å². The zero-order valence-corrected chi connectivity index (χ0v) is 11.0. The summed E-state index contributed by atoms with van der Waals surface area (Å²) in [5.41, 5.74) is 1.94. The lowest BCUT2D eigenvalue weighted by atomic mass is 10.0. The predicted molar refractivity (Wildman–Crippen MR) is 75.5 cm³/mol. The summed E-state index contributed by atoms with van der Waals surface area (Å²) in [6, 6.07) is 10.0. The molecule has 0 spiro atoms. The van der Waals surface area contributed by atoms with Crippen molar-refractivity contribution < 1.29 is 5.11 Å². The van der Waals surface area contributed by atoms with Crippen molar-refractivity contribution in [3.8, 4) is 0 Å². The first kappa shape index (κ1) is 13.0. The molecule has 1 unspecified atom stereocenters. The Morgan fingerprint density at radius 2 is 2.06 bits per heavy atom. The number of benzene rings is 1. The summed E-state index contributed by atoms with van der Waals surface area (Å²) in [7, 11) is 0. The minimum atomic E-state index is -0.353. The smallest absolute Gasteiger partial charge is 0.0790 e. The molecule has 96 valence electrons. The molecule has 1 N–H and O–H groups in total. The maximum atomic E-state index is 10.2. The summed E-state index contributed by atoms with van der Waals surface area (Å²) >= 11 is 0. The van der Waals surface area contributed by atoms with Gasteiger partial charge in [0.2, 0.25) is 0 Å². The summed E-state index contributed by atoms with van der Waals surface area (Å²) in [6.45, 7) is 2.20. The third-order valence-electron chi connectivity index (χ3n) is 3.35. The van der Waals surface area contributed by atoms with Crippen LogP contribution in [0.1, 0.15) is 50.7 Å². The largest absolute Gasteiger partial charge is 0.388 e. The number of hydrogen-bond donors (Lipinski definition) is 1. The molecule has 0 radical (unpaired) electrons. The van der Waals surface area contributed by atoms with Crippen LogP contribution in [0.15, 0.2) is 36.5 Å². The van der Waals surface area contributed by atoms with E-state index in [4.69, 9.17) is 0 Å². The van der Waals surface area contributed by atoms with Crippen molar-refractivity contribution in [1.29, 1.82) is 0 Å². The lowest BCUT2D eigenvalue weighted by molar-refractivity contribution is 0.163. The van der Waals surface area contributed by atoms with Crippen LogP contribution in [0, 0.1) is 0 Å². The van der Waals surface area contributed by atoms with Gasteiger partial charge in [0.05, 0.1) is 11.6 Å². The van der Waals surface area contributed by atoms with Crippen molar-refractivity contribution >= 4 is 10.9 Å². The highest BCUT2D eigenvalue weighted by molar-refractivity contribution is 5.78. The van der Waals surface area contributed by atoms with Crippen molar-refractivity contribution in [2.75, 3.05) is 0 Å². The molecule has 1 heterocycles. The van der Waals surface area contributed by atoms with Gasteiger partial charge in [0.15, 0.2) is 0 Å². The van der Waals surface area contributed by atoms with Gasteiger partial charge in [0.25, 0.3) is 0 Å². The molecular weight excluding hydrogens is 222 g/mol. The normalized spacial score (nSPS) is 12.8. The monoisotopic (exact) mass is 243 g/mol. The Hall–Kier alpha value is -1.41. The third kappa shape index (κ3) is 3.30. The van der Waals surface area contributed by atoms with E-state index < -0.39 is 0 Å². The van der Waals surface area contributed by atoms with Crippen molar-refractivity contribution in [2.45, 2.75) is 45.1 Å². The van der Waals surface area contributed by atoms with Gasteiger partial charge in [-0.05, 0) is 24.1 Å². The number of pyridine rings is 1. The van der Waals surface area contributed by atoms with Gasteiger partial charge in [0, 0.05) is 11.6 Å². The fraction of sp³-hybridized carbons (Fsp3) is 0.438. The molecular formula is C16H21NO. The highest BCUT2D eigenvalue weighted by Gasteiger charge is 2.07. The molecule has 0 saturated carbocycles. The first-order chi connectivity index (χ1) is 8.81. The van der Waals surface area contributed by atoms with E-state index in [0.29, 0.717) is 0 Å². The number of hydrogen-bond acceptors (Lipinski definition) is 2. The van der Waals surface area contributed by atoms with Gasteiger partial charge in [-0.3, -0.25) is 4.98 Å². The summed E-state index contributed by atoms with van der Waals surface area (Å²) < 4.78 is 0. The summed E-state index contributed by atoms with van der Waals surface area (Å²) in [4.78, 5) is 4.32. The Kier molecular flexibility index (Phi) is 4.71. The zero-order valence-electron chi connectivity index (χ0n) is 11.0. The maximum Gasteiger partial charge on any atom is 0.0790 e. The minimum Gasteiger partial charge on any atom is -0.388 e. The quantitative estimate of drug-likeness (QED) is 0.770. The second-order valence-electron chi connectivity index (χ2n) is 4.82. The summed E-state index contributed by atoms with van der Waals surface area (Å²) in [5.74, 6) is 0. The van der Waals surface area contributed by atoms with Gasteiger partial charge in [-0.2, -0.15) is 0 Å². The topological polar surface area (TPSA) is 33.1 Å². The van der Waals surface area contributed by atoms with Crippen molar-refractivity contribution in [3.05, 3.63) is 42.1 Å². The molecule has 0 saturated heterocycles. The van der Waals surface area contributed by atoms with Gasteiger partial charge in [-0.1, -0.05) is 50.8 Å². The van der Waals surface area contributed by atoms with Crippen molar-refractivity contribution in [3.63, 3.8) is 0 Å².